The Kier molecular flexibility index (Phi) is 4.54. The van der Waals surface area contributed by atoms with Crippen molar-refractivity contribution in [3.8, 4) is 5.75 Å². The van der Waals surface area contributed by atoms with E-state index in [9.17, 15) is 5.11 Å². The quantitative estimate of drug-likeness (QED) is 0.893. The lowest BCUT2D eigenvalue weighted by molar-refractivity contribution is 0.120. The van der Waals surface area contributed by atoms with E-state index < -0.39 is 0 Å². The van der Waals surface area contributed by atoms with Crippen LogP contribution in [0.3, 0.4) is 0 Å². The number of hydrogen-bond acceptors (Lipinski definition) is 4. The molecule has 0 aliphatic carbocycles. The molecule has 1 fully saturated rings. The fourth-order valence-electron chi connectivity index (χ4n) is 3.44. The Morgan fingerprint density at radius 3 is 3.00 bits per heavy atom. The summed E-state index contributed by atoms with van der Waals surface area (Å²) in [5.74, 6) is 1.01. The molecular formula is C16H23BrN2O2. The van der Waals surface area contributed by atoms with Crippen LogP contribution < -0.4 is 4.74 Å². The van der Waals surface area contributed by atoms with E-state index in [4.69, 9.17) is 4.74 Å². The SMILES string of the molecule is CN(C)CC1CC(O)CN1CC1Cc2cc(Br)ccc2O1. The molecule has 5 heteroatoms. The van der Waals surface area contributed by atoms with Crippen molar-refractivity contribution < 1.29 is 9.84 Å². The maximum atomic E-state index is 9.96. The predicted octanol–water partition coefficient (Wildman–Crippen LogP) is 1.75. The maximum absolute atomic E-state index is 9.96. The van der Waals surface area contributed by atoms with Gasteiger partial charge in [0.05, 0.1) is 6.10 Å². The number of fused-ring (bicyclic) bond motifs is 1. The minimum atomic E-state index is -0.201. The van der Waals surface area contributed by atoms with E-state index in [0.29, 0.717) is 6.04 Å². The van der Waals surface area contributed by atoms with Gasteiger partial charge in [-0.25, -0.2) is 0 Å². The zero-order chi connectivity index (χ0) is 15.0. The highest BCUT2D eigenvalue weighted by Crippen LogP contribution is 2.32. The van der Waals surface area contributed by atoms with Crippen LogP contribution in [0.2, 0.25) is 0 Å². The smallest absolute Gasteiger partial charge is 0.123 e. The summed E-state index contributed by atoms with van der Waals surface area (Å²) < 4.78 is 7.16. The highest BCUT2D eigenvalue weighted by molar-refractivity contribution is 9.10. The zero-order valence-electron chi connectivity index (χ0n) is 12.6. The fraction of sp³-hybridized carbons (Fsp3) is 0.625. The molecule has 2 aliphatic rings. The second-order valence-corrected chi connectivity index (χ2v) is 7.37. The van der Waals surface area contributed by atoms with Crippen molar-refractivity contribution in [2.75, 3.05) is 33.7 Å². The number of aliphatic hydroxyl groups is 1. The number of nitrogens with zero attached hydrogens (tertiary/aromatic N) is 2. The van der Waals surface area contributed by atoms with E-state index in [0.717, 1.165) is 42.7 Å². The summed E-state index contributed by atoms with van der Waals surface area (Å²) in [4.78, 5) is 4.58. The van der Waals surface area contributed by atoms with Crippen molar-refractivity contribution in [1.29, 1.82) is 0 Å². The fourth-order valence-corrected chi connectivity index (χ4v) is 3.85. The summed E-state index contributed by atoms with van der Waals surface area (Å²) in [7, 11) is 4.17. The van der Waals surface area contributed by atoms with Gasteiger partial charge in [-0.1, -0.05) is 15.9 Å². The number of aliphatic hydroxyl groups excluding tert-OH is 1. The van der Waals surface area contributed by atoms with Gasteiger partial charge in [0, 0.05) is 36.6 Å². The van der Waals surface area contributed by atoms with Crippen LogP contribution in [0.25, 0.3) is 0 Å². The van der Waals surface area contributed by atoms with Crippen molar-refractivity contribution >= 4 is 15.9 Å². The third kappa shape index (κ3) is 3.59. The van der Waals surface area contributed by atoms with E-state index >= 15 is 0 Å². The summed E-state index contributed by atoms with van der Waals surface area (Å²) in [5.41, 5.74) is 1.28. The Hall–Kier alpha value is -0.620. The van der Waals surface area contributed by atoms with Gasteiger partial charge >= 0.3 is 0 Å². The van der Waals surface area contributed by atoms with Crippen LogP contribution >= 0.6 is 15.9 Å². The van der Waals surface area contributed by atoms with Crippen LogP contribution in [0.4, 0.5) is 0 Å². The van der Waals surface area contributed by atoms with Gasteiger partial charge in [0.2, 0.25) is 0 Å². The third-order valence-electron chi connectivity index (χ3n) is 4.28. The minimum Gasteiger partial charge on any atom is -0.488 e. The molecule has 0 aromatic heterocycles. The molecule has 116 valence electrons. The van der Waals surface area contributed by atoms with Crippen molar-refractivity contribution in [3.63, 3.8) is 0 Å². The molecule has 21 heavy (non-hydrogen) atoms. The van der Waals surface area contributed by atoms with Crippen molar-refractivity contribution in [1.82, 2.24) is 9.80 Å². The van der Waals surface area contributed by atoms with Gasteiger partial charge in [0.15, 0.2) is 0 Å². The van der Waals surface area contributed by atoms with Gasteiger partial charge in [0.1, 0.15) is 11.9 Å². The number of likely N-dealkylation sites (N-methyl/N-ethyl adjacent to an activating group) is 1. The molecule has 2 aliphatic heterocycles. The van der Waals surface area contributed by atoms with Crippen LogP contribution in [-0.2, 0) is 6.42 Å². The Balaban J connectivity index is 1.62. The van der Waals surface area contributed by atoms with E-state index in [-0.39, 0.29) is 12.2 Å². The molecule has 0 amide bonds. The topological polar surface area (TPSA) is 35.9 Å². The van der Waals surface area contributed by atoms with Crippen LogP contribution in [0.1, 0.15) is 12.0 Å². The first-order chi connectivity index (χ1) is 10.0. The van der Waals surface area contributed by atoms with E-state index in [1.54, 1.807) is 0 Å². The lowest BCUT2D eigenvalue weighted by atomic mass is 10.1. The predicted molar refractivity (Wildman–Crippen MR) is 86.8 cm³/mol. The normalized spacial score (nSPS) is 28.9. The number of rotatable bonds is 4. The zero-order valence-corrected chi connectivity index (χ0v) is 14.2. The average molecular weight is 355 g/mol. The van der Waals surface area contributed by atoms with Crippen LogP contribution in [0.15, 0.2) is 22.7 Å². The molecule has 2 heterocycles. The summed E-state index contributed by atoms with van der Waals surface area (Å²) in [6.45, 7) is 2.64. The molecule has 1 saturated heterocycles. The maximum Gasteiger partial charge on any atom is 0.123 e. The molecule has 1 aromatic rings. The summed E-state index contributed by atoms with van der Waals surface area (Å²) in [6, 6.07) is 6.63. The first-order valence-electron chi connectivity index (χ1n) is 7.53. The standard InChI is InChI=1S/C16H23BrN2O2/c1-18(2)8-13-7-14(20)9-19(13)10-15-6-11-5-12(17)3-4-16(11)21-15/h3-5,13-15,20H,6-10H2,1-2H3. The van der Waals surface area contributed by atoms with Gasteiger partial charge in [-0.15, -0.1) is 0 Å². The van der Waals surface area contributed by atoms with Crippen molar-refractivity contribution in [2.24, 2.45) is 0 Å². The summed E-state index contributed by atoms with van der Waals surface area (Å²) >= 11 is 3.51. The number of ether oxygens (including phenoxy) is 1. The van der Waals surface area contributed by atoms with Crippen LogP contribution in [0.5, 0.6) is 5.75 Å². The number of β-amino-alcohol motifs (C(OH)–C–C–N with tert-alkyl or cyclic N) is 1. The number of halogens is 1. The first-order valence-corrected chi connectivity index (χ1v) is 8.32. The van der Waals surface area contributed by atoms with Gasteiger partial charge in [0.25, 0.3) is 0 Å². The van der Waals surface area contributed by atoms with Gasteiger partial charge in [-0.05, 0) is 44.3 Å². The Morgan fingerprint density at radius 1 is 1.43 bits per heavy atom. The first kappa shape index (κ1) is 15.3. The second kappa shape index (κ2) is 6.24. The number of benzene rings is 1. The van der Waals surface area contributed by atoms with E-state index in [1.165, 1.54) is 5.56 Å². The molecule has 3 unspecified atom stereocenters. The molecule has 0 radical (unpaired) electrons. The average Bonchev–Trinajstić information content (AvgIpc) is 2.92. The molecule has 0 bridgehead atoms. The highest BCUT2D eigenvalue weighted by atomic mass is 79.9. The molecule has 3 atom stereocenters. The van der Waals surface area contributed by atoms with E-state index in [1.807, 2.05) is 12.1 Å². The summed E-state index contributed by atoms with van der Waals surface area (Å²) in [5, 5.41) is 9.96. The highest BCUT2D eigenvalue weighted by Gasteiger charge is 2.34. The second-order valence-electron chi connectivity index (χ2n) is 6.46. The monoisotopic (exact) mass is 354 g/mol. The van der Waals surface area contributed by atoms with Gasteiger partial charge in [-0.2, -0.15) is 0 Å². The number of likely N-dealkylation sites (tertiary alicyclic amines) is 1. The van der Waals surface area contributed by atoms with Crippen LogP contribution in [-0.4, -0.2) is 66.9 Å². The summed E-state index contributed by atoms with van der Waals surface area (Å²) in [6.07, 6.45) is 1.82. The number of hydrogen-bond donors (Lipinski definition) is 1. The van der Waals surface area contributed by atoms with Gasteiger partial charge < -0.3 is 14.7 Å². The van der Waals surface area contributed by atoms with Crippen LogP contribution in [0, 0.1) is 0 Å². The Labute approximate surface area is 134 Å². The van der Waals surface area contributed by atoms with Crippen molar-refractivity contribution in [2.45, 2.75) is 31.1 Å². The lowest BCUT2D eigenvalue weighted by Gasteiger charge is -2.28. The Bertz CT molecular complexity index is 509. The minimum absolute atomic E-state index is 0.198. The molecule has 4 nitrogen and oxygen atoms in total. The molecule has 1 aromatic carbocycles. The van der Waals surface area contributed by atoms with Crippen molar-refractivity contribution in [3.05, 3.63) is 28.2 Å². The van der Waals surface area contributed by atoms with E-state index in [2.05, 4.69) is 45.9 Å². The largest absolute Gasteiger partial charge is 0.488 e. The molecule has 3 rings (SSSR count). The van der Waals surface area contributed by atoms with Gasteiger partial charge in [-0.3, -0.25) is 4.90 Å². The molecular weight excluding hydrogens is 332 g/mol. The lowest BCUT2D eigenvalue weighted by Crippen LogP contribution is -2.42. The molecule has 1 N–H and O–H groups in total. The Morgan fingerprint density at radius 2 is 2.24 bits per heavy atom. The molecule has 0 spiro atoms. The third-order valence-corrected chi connectivity index (χ3v) is 4.78. The molecule has 0 saturated carbocycles.